The predicted octanol–water partition coefficient (Wildman–Crippen LogP) is 2.75. The molecular formula is C14H20FNO2. The minimum atomic E-state index is -0.415. The average Bonchev–Trinajstić information content (AvgIpc) is 2.39. The number of hydrogen-bond donors (Lipinski definition) is 0. The third-order valence-electron chi connectivity index (χ3n) is 3.01. The summed E-state index contributed by atoms with van der Waals surface area (Å²) in [6.07, 6.45) is 0.376. The number of carbonyl (C=O) groups excluding carboxylic acids is 1. The third kappa shape index (κ3) is 3.81. The number of benzene rings is 1. The van der Waals surface area contributed by atoms with E-state index >= 15 is 0 Å². The van der Waals surface area contributed by atoms with E-state index in [2.05, 4.69) is 18.7 Å². The molecule has 0 bridgehead atoms. The fourth-order valence-electron chi connectivity index (χ4n) is 1.83. The zero-order chi connectivity index (χ0) is 13.5. The van der Waals surface area contributed by atoms with Gasteiger partial charge in [0.2, 0.25) is 0 Å². The first kappa shape index (κ1) is 14.6. The maximum atomic E-state index is 13.2. The third-order valence-corrected chi connectivity index (χ3v) is 3.01. The van der Waals surface area contributed by atoms with Crippen molar-refractivity contribution in [3.8, 4) is 5.75 Å². The maximum absolute atomic E-state index is 13.2. The molecule has 0 aromatic heterocycles. The van der Waals surface area contributed by atoms with E-state index in [4.69, 9.17) is 4.74 Å². The van der Waals surface area contributed by atoms with Gasteiger partial charge in [-0.2, -0.15) is 0 Å². The smallest absolute Gasteiger partial charge is 0.167 e. The Kier molecular flexibility index (Phi) is 5.78. The maximum Gasteiger partial charge on any atom is 0.167 e. The summed E-state index contributed by atoms with van der Waals surface area (Å²) in [6, 6.07) is 4.02. The molecule has 1 aromatic rings. The Morgan fingerprint density at radius 1 is 1.33 bits per heavy atom. The minimum Gasteiger partial charge on any atom is -0.496 e. The summed E-state index contributed by atoms with van der Waals surface area (Å²) >= 11 is 0. The van der Waals surface area contributed by atoms with Crippen molar-refractivity contribution in [2.75, 3.05) is 26.7 Å². The highest BCUT2D eigenvalue weighted by molar-refractivity contribution is 5.98. The molecule has 0 aliphatic heterocycles. The standard InChI is InChI=1S/C14H20FNO2/c1-4-16(5-2)9-8-13(17)12-10-11(15)6-7-14(12)18-3/h6-7,10H,4-5,8-9H2,1-3H3. The molecule has 0 saturated carbocycles. The molecule has 0 saturated heterocycles. The van der Waals surface area contributed by atoms with E-state index < -0.39 is 5.82 Å². The largest absolute Gasteiger partial charge is 0.496 e. The first-order chi connectivity index (χ1) is 8.62. The van der Waals surface area contributed by atoms with E-state index in [1.165, 1.54) is 25.3 Å². The zero-order valence-corrected chi connectivity index (χ0v) is 11.2. The number of carbonyl (C=O) groups is 1. The van der Waals surface area contributed by atoms with E-state index in [0.29, 0.717) is 24.3 Å². The highest BCUT2D eigenvalue weighted by atomic mass is 19.1. The van der Waals surface area contributed by atoms with Crippen LogP contribution in [0.2, 0.25) is 0 Å². The topological polar surface area (TPSA) is 29.5 Å². The SMILES string of the molecule is CCN(CC)CCC(=O)c1cc(F)ccc1OC. The summed E-state index contributed by atoms with van der Waals surface area (Å²) in [5.74, 6) is -0.0683. The van der Waals surface area contributed by atoms with Gasteiger partial charge in [-0.3, -0.25) is 4.79 Å². The Bertz CT molecular complexity index is 403. The molecule has 0 atom stereocenters. The highest BCUT2D eigenvalue weighted by Crippen LogP contribution is 2.20. The molecule has 0 aliphatic carbocycles. The van der Waals surface area contributed by atoms with Crippen molar-refractivity contribution in [1.29, 1.82) is 0 Å². The van der Waals surface area contributed by atoms with Crippen LogP contribution in [0, 0.1) is 5.82 Å². The van der Waals surface area contributed by atoms with Crippen LogP contribution in [0.4, 0.5) is 4.39 Å². The molecule has 0 heterocycles. The lowest BCUT2D eigenvalue weighted by molar-refractivity contribution is 0.0963. The van der Waals surface area contributed by atoms with Gasteiger partial charge < -0.3 is 9.64 Å². The van der Waals surface area contributed by atoms with Crippen LogP contribution in [0.3, 0.4) is 0 Å². The number of hydrogen-bond acceptors (Lipinski definition) is 3. The van der Waals surface area contributed by atoms with Crippen molar-refractivity contribution >= 4 is 5.78 Å². The second-order valence-corrected chi connectivity index (χ2v) is 4.04. The quantitative estimate of drug-likeness (QED) is 0.700. The molecule has 18 heavy (non-hydrogen) atoms. The average molecular weight is 253 g/mol. The van der Waals surface area contributed by atoms with Gasteiger partial charge >= 0.3 is 0 Å². The van der Waals surface area contributed by atoms with E-state index in [1.807, 2.05) is 0 Å². The van der Waals surface area contributed by atoms with Crippen LogP contribution in [0.15, 0.2) is 18.2 Å². The lowest BCUT2D eigenvalue weighted by atomic mass is 10.1. The number of ether oxygens (including phenoxy) is 1. The zero-order valence-electron chi connectivity index (χ0n) is 11.2. The Morgan fingerprint density at radius 2 is 2.00 bits per heavy atom. The minimum absolute atomic E-state index is 0.0850. The second kappa shape index (κ2) is 7.11. The Balaban J connectivity index is 2.74. The van der Waals surface area contributed by atoms with Gasteiger partial charge in [-0.25, -0.2) is 4.39 Å². The number of ketones is 1. The highest BCUT2D eigenvalue weighted by Gasteiger charge is 2.14. The van der Waals surface area contributed by atoms with Crippen LogP contribution in [0.5, 0.6) is 5.75 Å². The summed E-state index contributed by atoms with van der Waals surface area (Å²) < 4.78 is 18.2. The van der Waals surface area contributed by atoms with Crippen molar-refractivity contribution in [1.82, 2.24) is 4.90 Å². The summed E-state index contributed by atoms with van der Waals surface area (Å²) in [5.41, 5.74) is 0.324. The molecule has 4 heteroatoms. The van der Waals surface area contributed by atoms with Crippen LogP contribution >= 0.6 is 0 Å². The van der Waals surface area contributed by atoms with Gasteiger partial charge in [-0.1, -0.05) is 13.8 Å². The fourth-order valence-corrected chi connectivity index (χ4v) is 1.83. The Morgan fingerprint density at radius 3 is 2.56 bits per heavy atom. The molecule has 0 unspecified atom stereocenters. The van der Waals surface area contributed by atoms with Crippen molar-refractivity contribution in [2.24, 2.45) is 0 Å². The normalized spacial score (nSPS) is 10.7. The lowest BCUT2D eigenvalue weighted by Gasteiger charge is -2.17. The predicted molar refractivity (Wildman–Crippen MR) is 69.7 cm³/mol. The molecule has 0 N–H and O–H groups in total. The first-order valence-corrected chi connectivity index (χ1v) is 6.21. The molecule has 0 radical (unpaired) electrons. The van der Waals surface area contributed by atoms with Crippen LogP contribution in [-0.4, -0.2) is 37.4 Å². The van der Waals surface area contributed by atoms with E-state index in [9.17, 15) is 9.18 Å². The van der Waals surface area contributed by atoms with Crippen LogP contribution in [-0.2, 0) is 0 Å². The number of rotatable bonds is 7. The monoisotopic (exact) mass is 253 g/mol. The van der Waals surface area contributed by atoms with Gasteiger partial charge in [0.25, 0.3) is 0 Å². The van der Waals surface area contributed by atoms with Gasteiger partial charge in [0.15, 0.2) is 5.78 Å². The molecule has 0 aliphatic rings. The van der Waals surface area contributed by atoms with Crippen molar-refractivity contribution in [3.63, 3.8) is 0 Å². The van der Waals surface area contributed by atoms with Crippen molar-refractivity contribution in [2.45, 2.75) is 20.3 Å². The van der Waals surface area contributed by atoms with E-state index in [0.717, 1.165) is 13.1 Å². The first-order valence-electron chi connectivity index (χ1n) is 6.21. The molecule has 0 spiro atoms. The van der Waals surface area contributed by atoms with Gasteiger partial charge in [-0.05, 0) is 31.3 Å². The number of halogens is 1. The van der Waals surface area contributed by atoms with E-state index in [-0.39, 0.29) is 5.78 Å². The van der Waals surface area contributed by atoms with Crippen LogP contribution in [0.25, 0.3) is 0 Å². The van der Waals surface area contributed by atoms with E-state index in [1.54, 1.807) is 0 Å². The molecule has 0 amide bonds. The molecule has 1 aromatic carbocycles. The number of methoxy groups -OCH3 is 1. The van der Waals surface area contributed by atoms with Crippen LogP contribution in [0.1, 0.15) is 30.6 Å². The van der Waals surface area contributed by atoms with Crippen molar-refractivity contribution < 1.29 is 13.9 Å². The van der Waals surface area contributed by atoms with Gasteiger partial charge in [0.05, 0.1) is 12.7 Å². The Labute approximate surface area is 108 Å². The molecule has 3 nitrogen and oxygen atoms in total. The van der Waals surface area contributed by atoms with Crippen LogP contribution < -0.4 is 4.74 Å². The number of Topliss-reactive ketones (excluding diaryl/α,β-unsaturated/α-hetero) is 1. The molecule has 0 fully saturated rings. The summed E-state index contributed by atoms with van der Waals surface area (Å²) in [5, 5.41) is 0. The molecule has 100 valence electrons. The summed E-state index contributed by atoms with van der Waals surface area (Å²) in [4.78, 5) is 14.2. The fraction of sp³-hybridized carbons (Fsp3) is 0.500. The Hall–Kier alpha value is -1.42. The molecular weight excluding hydrogens is 233 g/mol. The summed E-state index contributed by atoms with van der Waals surface area (Å²) in [6.45, 7) is 6.60. The van der Waals surface area contributed by atoms with Gasteiger partial charge in [0.1, 0.15) is 11.6 Å². The number of nitrogens with zero attached hydrogens (tertiary/aromatic N) is 1. The lowest BCUT2D eigenvalue weighted by Crippen LogP contribution is -2.25. The second-order valence-electron chi connectivity index (χ2n) is 4.04. The van der Waals surface area contributed by atoms with Gasteiger partial charge in [0, 0.05) is 13.0 Å². The summed E-state index contributed by atoms with van der Waals surface area (Å²) in [7, 11) is 1.48. The van der Waals surface area contributed by atoms with Gasteiger partial charge in [-0.15, -0.1) is 0 Å². The van der Waals surface area contributed by atoms with Crippen molar-refractivity contribution in [3.05, 3.63) is 29.6 Å². The molecule has 1 rings (SSSR count).